The van der Waals surface area contributed by atoms with Crippen LogP contribution in [-0.4, -0.2) is 23.7 Å². The minimum atomic E-state index is -1.26. The Hall–Kier alpha value is 0.720. The van der Waals surface area contributed by atoms with Crippen LogP contribution >= 0.6 is 18.5 Å². The fraction of sp³-hybridized carbons (Fsp3) is 1.00. The van der Waals surface area contributed by atoms with E-state index < -0.39 is 12.3 Å². The average Bonchev–Trinajstić information content (AvgIpc) is 2.61. The SMILES string of the molecule is CC.CC1CCC(C2CCC(C3CC(F)C(F)C(P)C3)C(P)C2)CC1. The Morgan fingerprint density at radius 2 is 1.24 bits per heavy atom. The molecule has 25 heavy (non-hydrogen) atoms. The molecule has 0 aliphatic heterocycles. The standard InChI is InChI=1S/C19H34F2P2.C2H6/c1-11-2-4-12(5-3-11)13-6-7-15(17(22)9-13)14-8-16(20)19(21)18(23)10-14;1-2/h11-19H,2-10,22-23H2,1H3;1-2H3. The molecule has 3 saturated carbocycles. The maximum absolute atomic E-state index is 14.0. The molecule has 0 N–H and O–H groups in total. The molecule has 0 spiro atoms. The van der Waals surface area contributed by atoms with Crippen LogP contribution in [0.4, 0.5) is 8.78 Å². The van der Waals surface area contributed by atoms with Crippen LogP contribution in [0, 0.1) is 29.6 Å². The van der Waals surface area contributed by atoms with E-state index >= 15 is 0 Å². The quantitative estimate of drug-likeness (QED) is 0.452. The number of halogens is 2. The second-order valence-electron chi connectivity index (χ2n) is 8.78. The van der Waals surface area contributed by atoms with E-state index in [4.69, 9.17) is 0 Å². The van der Waals surface area contributed by atoms with Crippen molar-refractivity contribution < 1.29 is 8.78 Å². The summed E-state index contributed by atoms with van der Waals surface area (Å²) in [6.07, 6.45) is 8.30. The highest BCUT2D eigenvalue weighted by atomic mass is 31.0. The molecular weight excluding hydrogens is 352 g/mol. The Balaban J connectivity index is 0.00000109. The summed E-state index contributed by atoms with van der Waals surface area (Å²) in [7, 11) is 5.63. The van der Waals surface area contributed by atoms with Crippen LogP contribution in [0.1, 0.15) is 78.6 Å². The summed E-state index contributed by atoms with van der Waals surface area (Å²) in [6, 6.07) is 0. The largest absolute Gasteiger partial charge is 0.244 e. The minimum absolute atomic E-state index is 0.182. The zero-order chi connectivity index (χ0) is 18.6. The Labute approximate surface area is 159 Å². The van der Waals surface area contributed by atoms with Gasteiger partial charge in [-0.25, -0.2) is 8.78 Å². The molecule has 0 heterocycles. The first-order chi connectivity index (χ1) is 12.0. The number of rotatable bonds is 2. The van der Waals surface area contributed by atoms with Crippen LogP contribution in [0.15, 0.2) is 0 Å². The summed E-state index contributed by atoms with van der Waals surface area (Å²) in [5.74, 6) is 3.71. The summed E-state index contributed by atoms with van der Waals surface area (Å²) in [4.78, 5) is 0. The number of hydrogen-bond donors (Lipinski definition) is 0. The molecular formula is C21H40F2P2. The number of alkyl halides is 2. The molecule has 148 valence electrons. The van der Waals surface area contributed by atoms with Crippen LogP contribution in [0.5, 0.6) is 0 Å². The molecule has 0 bridgehead atoms. The van der Waals surface area contributed by atoms with Crippen LogP contribution in [0.25, 0.3) is 0 Å². The summed E-state index contributed by atoms with van der Waals surface area (Å²) in [6.45, 7) is 6.39. The molecule has 3 rings (SSSR count). The van der Waals surface area contributed by atoms with E-state index in [-0.39, 0.29) is 5.66 Å². The highest BCUT2D eigenvalue weighted by Gasteiger charge is 2.43. The van der Waals surface area contributed by atoms with Gasteiger partial charge < -0.3 is 0 Å². The molecule has 3 aliphatic rings. The van der Waals surface area contributed by atoms with E-state index in [0.717, 1.165) is 24.2 Å². The predicted molar refractivity (Wildman–Crippen MR) is 113 cm³/mol. The average molecular weight is 392 g/mol. The van der Waals surface area contributed by atoms with Crippen molar-refractivity contribution in [3.63, 3.8) is 0 Å². The summed E-state index contributed by atoms with van der Waals surface area (Å²) in [5.41, 5.74) is 0.428. The molecule has 9 atom stereocenters. The normalized spacial score (nSPS) is 48.4. The lowest BCUT2D eigenvalue weighted by Crippen LogP contribution is -2.42. The van der Waals surface area contributed by atoms with Gasteiger partial charge in [-0.05, 0) is 80.2 Å². The second-order valence-corrected chi connectivity index (χ2v) is 10.5. The van der Waals surface area contributed by atoms with Gasteiger partial charge in [-0.1, -0.05) is 33.6 Å². The molecule has 0 radical (unpaired) electrons. The fourth-order valence-electron chi connectivity index (χ4n) is 5.65. The van der Waals surface area contributed by atoms with E-state index in [1.807, 2.05) is 13.8 Å². The molecule has 3 aliphatic carbocycles. The van der Waals surface area contributed by atoms with E-state index in [1.165, 1.54) is 44.9 Å². The van der Waals surface area contributed by atoms with Crippen molar-refractivity contribution in [2.24, 2.45) is 29.6 Å². The van der Waals surface area contributed by atoms with Gasteiger partial charge in [0.05, 0.1) is 0 Å². The summed E-state index contributed by atoms with van der Waals surface area (Å²) >= 11 is 0. The van der Waals surface area contributed by atoms with E-state index in [1.54, 1.807) is 0 Å². The smallest absolute Gasteiger partial charge is 0.137 e. The second kappa shape index (κ2) is 10.3. The summed E-state index contributed by atoms with van der Waals surface area (Å²) in [5, 5.41) is 0. The van der Waals surface area contributed by atoms with Crippen molar-refractivity contribution >= 4 is 18.5 Å². The first kappa shape index (κ1) is 22.0. The molecule has 3 fully saturated rings. The summed E-state index contributed by atoms with van der Waals surface area (Å²) < 4.78 is 27.7. The van der Waals surface area contributed by atoms with Gasteiger partial charge in [-0.2, -0.15) is 0 Å². The monoisotopic (exact) mass is 392 g/mol. The Morgan fingerprint density at radius 3 is 1.80 bits per heavy atom. The fourth-order valence-corrected chi connectivity index (χ4v) is 7.09. The maximum atomic E-state index is 14.0. The predicted octanol–water partition coefficient (Wildman–Crippen LogP) is 6.83. The Kier molecular flexibility index (Phi) is 9.08. The van der Waals surface area contributed by atoms with Crippen molar-refractivity contribution in [1.29, 1.82) is 0 Å². The van der Waals surface area contributed by atoms with Gasteiger partial charge in [0, 0.05) is 5.66 Å². The molecule has 0 saturated heterocycles. The third-order valence-electron chi connectivity index (χ3n) is 7.19. The van der Waals surface area contributed by atoms with Gasteiger partial charge in [-0.3, -0.25) is 0 Å². The van der Waals surface area contributed by atoms with Crippen molar-refractivity contribution in [3.05, 3.63) is 0 Å². The van der Waals surface area contributed by atoms with Gasteiger partial charge in [-0.15, -0.1) is 18.5 Å². The van der Waals surface area contributed by atoms with Gasteiger partial charge >= 0.3 is 0 Å². The first-order valence-electron chi connectivity index (χ1n) is 10.7. The zero-order valence-electron chi connectivity index (χ0n) is 16.5. The highest BCUT2D eigenvalue weighted by Crippen LogP contribution is 2.48. The lowest BCUT2D eigenvalue weighted by Gasteiger charge is -2.45. The Morgan fingerprint density at radius 1 is 0.680 bits per heavy atom. The molecule has 0 aromatic rings. The Bertz CT molecular complexity index is 372. The van der Waals surface area contributed by atoms with Crippen molar-refractivity contribution in [2.45, 2.75) is 102 Å². The van der Waals surface area contributed by atoms with Gasteiger partial charge in [0.25, 0.3) is 0 Å². The molecule has 0 aromatic heterocycles. The molecule has 9 unspecified atom stereocenters. The van der Waals surface area contributed by atoms with Crippen molar-refractivity contribution in [1.82, 2.24) is 0 Å². The lowest BCUT2D eigenvalue weighted by atomic mass is 9.65. The molecule has 0 amide bonds. The highest BCUT2D eigenvalue weighted by molar-refractivity contribution is 7.17. The molecule has 4 heteroatoms. The lowest BCUT2D eigenvalue weighted by molar-refractivity contribution is 0.0542. The van der Waals surface area contributed by atoms with Crippen molar-refractivity contribution in [2.75, 3.05) is 0 Å². The van der Waals surface area contributed by atoms with E-state index in [0.29, 0.717) is 23.9 Å². The third-order valence-corrected chi connectivity index (χ3v) is 8.59. The van der Waals surface area contributed by atoms with Gasteiger partial charge in [0.15, 0.2) is 0 Å². The zero-order valence-corrected chi connectivity index (χ0v) is 18.8. The van der Waals surface area contributed by atoms with E-state index in [2.05, 4.69) is 25.4 Å². The van der Waals surface area contributed by atoms with Crippen LogP contribution in [-0.2, 0) is 0 Å². The molecule has 0 aromatic carbocycles. The van der Waals surface area contributed by atoms with E-state index in [9.17, 15) is 8.78 Å². The van der Waals surface area contributed by atoms with Gasteiger partial charge in [0.2, 0.25) is 0 Å². The molecule has 0 nitrogen and oxygen atoms in total. The van der Waals surface area contributed by atoms with Crippen LogP contribution in [0.2, 0.25) is 0 Å². The first-order valence-corrected chi connectivity index (χ1v) is 12.1. The van der Waals surface area contributed by atoms with Crippen LogP contribution < -0.4 is 0 Å². The minimum Gasteiger partial charge on any atom is -0.244 e. The number of hydrogen-bond acceptors (Lipinski definition) is 0. The van der Waals surface area contributed by atoms with Crippen molar-refractivity contribution in [3.8, 4) is 0 Å². The van der Waals surface area contributed by atoms with Gasteiger partial charge in [0.1, 0.15) is 12.3 Å². The topological polar surface area (TPSA) is 0 Å². The van der Waals surface area contributed by atoms with Crippen LogP contribution in [0.3, 0.4) is 0 Å². The third kappa shape index (κ3) is 5.60. The maximum Gasteiger partial charge on any atom is 0.137 e.